The Kier molecular flexibility index (Phi) is 4.41. The van der Waals surface area contributed by atoms with Crippen LogP contribution in [0.2, 0.25) is 10.0 Å². The van der Waals surface area contributed by atoms with Crippen molar-refractivity contribution in [2.75, 3.05) is 18.0 Å². The molecule has 1 aromatic rings. The number of halogens is 2. The summed E-state index contributed by atoms with van der Waals surface area (Å²) in [7, 11) is 0. The van der Waals surface area contributed by atoms with Gasteiger partial charge >= 0.3 is 0 Å². The number of rotatable bonds is 2. The van der Waals surface area contributed by atoms with Crippen LogP contribution in [0.15, 0.2) is 18.2 Å². The number of piperazine rings is 1. The molecule has 0 aliphatic carbocycles. The van der Waals surface area contributed by atoms with Gasteiger partial charge in [-0.3, -0.25) is 0 Å². The standard InChI is InChI=1S/C14H20Cl2N2/c1-9(2)13-8-18(10(3)7-17-13)14-5-4-11(15)6-12(14)16/h4-6,9-10,13,17H,7-8H2,1-3H3. The van der Waals surface area contributed by atoms with Gasteiger partial charge in [0.2, 0.25) is 0 Å². The molecule has 1 N–H and O–H groups in total. The van der Waals surface area contributed by atoms with Crippen molar-refractivity contribution in [3.05, 3.63) is 28.2 Å². The molecule has 1 aliphatic heterocycles. The van der Waals surface area contributed by atoms with Crippen molar-refractivity contribution in [3.8, 4) is 0 Å². The minimum absolute atomic E-state index is 0.443. The SMILES string of the molecule is CC(C)C1CN(c2ccc(Cl)cc2Cl)C(C)CN1. The Hall–Kier alpha value is -0.440. The molecule has 1 saturated heterocycles. The van der Waals surface area contributed by atoms with Crippen LogP contribution in [0.4, 0.5) is 5.69 Å². The maximum Gasteiger partial charge on any atom is 0.0654 e. The monoisotopic (exact) mass is 286 g/mol. The Bertz CT molecular complexity index is 420. The fourth-order valence-corrected chi connectivity index (χ4v) is 2.90. The third-order valence-electron chi connectivity index (χ3n) is 3.62. The molecule has 0 amide bonds. The lowest BCUT2D eigenvalue weighted by Crippen LogP contribution is -2.57. The largest absolute Gasteiger partial charge is 0.365 e. The van der Waals surface area contributed by atoms with E-state index in [1.807, 2.05) is 18.2 Å². The predicted molar refractivity (Wildman–Crippen MR) is 79.9 cm³/mol. The van der Waals surface area contributed by atoms with Gasteiger partial charge in [0.25, 0.3) is 0 Å². The van der Waals surface area contributed by atoms with Gasteiger partial charge < -0.3 is 10.2 Å². The van der Waals surface area contributed by atoms with Gasteiger partial charge in [-0.15, -0.1) is 0 Å². The number of hydrogen-bond donors (Lipinski definition) is 1. The van der Waals surface area contributed by atoms with Gasteiger partial charge in [0.1, 0.15) is 0 Å². The van der Waals surface area contributed by atoms with Crippen molar-refractivity contribution < 1.29 is 0 Å². The summed E-state index contributed by atoms with van der Waals surface area (Å²) in [4.78, 5) is 2.37. The van der Waals surface area contributed by atoms with Gasteiger partial charge in [-0.1, -0.05) is 37.0 Å². The third-order valence-corrected chi connectivity index (χ3v) is 4.16. The molecule has 2 nitrogen and oxygen atoms in total. The van der Waals surface area contributed by atoms with Crippen LogP contribution in [0.1, 0.15) is 20.8 Å². The Labute approximate surface area is 119 Å². The summed E-state index contributed by atoms with van der Waals surface area (Å²) in [5, 5.41) is 5.01. The van der Waals surface area contributed by atoms with Crippen molar-refractivity contribution in [2.45, 2.75) is 32.9 Å². The van der Waals surface area contributed by atoms with E-state index in [-0.39, 0.29) is 0 Å². The molecule has 0 aromatic heterocycles. The highest BCUT2D eigenvalue weighted by Gasteiger charge is 2.27. The summed E-state index contributed by atoms with van der Waals surface area (Å²) < 4.78 is 0. The molecule has 4 heteroatoms. The Morgan fingerprint density at radius 2 is 2.06 bits per heavy atom. The molecule has 0 bridgehead atoms. The predicted octanol–water partition coefficient (Wildman–Crippen LogP) is 3.82. The van der Waals surface area contributed by atoms with Crippen LogP contribution in [0.3, 0.4) is 0 Å². The van der Waals surface area contributed by atoms with Gasteiger partial charge in [-0.05, 0) is 31.0 Å². The summed E-state index contributed by atoms with van der Waals surface area (Å²) >= 11 is 12.3. The lowest BCUT2D eigenvalue weighted by molar-refractivity contribution is 0.337. The van der Waals surface area contributed by atoms with E-state index in [2.05, 4.69) is 31.0 Å². The van der Waals surface area contributed by atoms with Gasteiger partial charge in [-0.2, -0.15) is 0 Å². The molecule has 1 heterocycles. The number of nitrogens with zero attached hydrogens (tertiary/aromatic N) is 1. The molecule has 0 saturated carbocycles. The maximum absolute atomic E-state index is 6.31. The zero-order valence-electron chi connectivity index (χ0n) is 11.1. The van der Waals surface area contributed by atoms with Crippen LogP contribution >= 0.6 is 23.2 Å². The first kappa shape index (κ1) is 14.0. The quantitative estimate of drug-likeness (QED) is 0.889. The summed E-state index contributed by atoms with van der Waals surface area (Å²) in [6.07, 6.45) is 0. The van der Waals surface area contributed by atoms with E-state index in [0.29, 0.717) is 23.0 Å². The van der Waals surface area contributed by atoms with Gasteiger partial charge in [0, 0.05) is 30.2 Å². The Balaban J connectivity index is 2.24. The van der Waals surface area contributed by atoms with Crippen LogP contribution in [0, 0.1) is 5.92 Å². The number of anilines is 1. The van der Waals surface area contributed by atoms with Crippen molar-refractivity contribution >= 4 is 28.9 Å². The summed E-state index contributed by atoms with van der Waals surface area (Å²) in [6.45, 7) is 8.68. The molecule has 2 unspecified atom stereocenters. The fraction of sp³-hybridized carbons (Fsp3) is 0.571. The average molecular weight is 287 g/mol. The molecule has 1 aliphatic rings. The average Bonchev–Trinajstić information content (AvgIpc) is 2.30. The Morgan fingerprint density at radius 3 is 2.67 bits per heavy atom. The summed E-state index contributed by atoms with van der Waals surface area (Å²) in [5.74, 6) is 0.617. The lowest BCUT2D eigenvalue weighted by Gasteiger charge is -2.42. The Morgan fingerprint density at radius 1 is 1.33 bits per heavy atom. The zero-order valence-corrected chi connectivity index (χ0v) is 12.6. The van der Waals surface area contributed by atoms with Gasteiger partial charge in [0.15, 0.2) is 0 Å². The van der Waals surface area contributed by atoms with Crippen molar-refractivity contribution in [1.82, 2.24) is 5.32 Å². The molecule has 2 atom stereocenters. The van der Waals surface area contributed by atoms with Crippen molar-refractivity contribution in [3.63, 3.8) is 0 Å². The molecular formula is C14H20Cl2N2. The third kappa shape index (κ3) is 2.93. The zero-order chi connectivity index (χ0) is 13.3. The molecule has 0 radical (unpaired) electrons. The maximum atomic E-state index is 6.31. The van der Waals surface area contributed by atoms with Crippen LogP contribution in [-0.4, -0.2) is 25.2 Å². The molecule has 18 heavy (non-hydrogen) atoms. The molecule has 2 rings (SSSR count). The minimum Gasteiger partial charge on any atom is -0.365 e. The first-order valence-corrected chi connectivity index (χ1v) is 7.19. The molecule has 1 fully saturated rings. The number of hydrogen-bond acceptors (Lipinski definition) is 2. The van der Waals surface area contributed by atoms with Gasteiger partial charge in [-0.25, -0.2) is 0 Å². The first-order chi connectivity index (χ1) is 8.49. The topological polar surface area (TPSA) is 15.3 Å². The van der Waals surface area contributed by atoms with Crippen LogP contribution in [0.5, 0.6) is 0 Å². The minimum atomic E-state index is 0.443. The molecule has 0 spiro atoms. The van der Waals surface area contributed by atoms with Crippen molar-refractivity contribution in [2.24, 2.45) is 5.92 Å². The van der Waals surface area contributed by atoms with Crippen LogP contribution in [-0.2, 0) is 0 Å². The second-order valence-electron chi connectivity index (χ2n) is 5.36. The van der Waals surface area contributed by atoms with E-state index < -0.39 is 0 Å². The second-order valence-corrected chi connectivity index (χ2v) is 6.20. The van der Waals surface area contributed by atoms with E-state index in [1.165, 1.54) is 0 Å². The highest BCUT2D eigenvalue weighted by molar-refractivity contribution is 6.36. The molecular weight excluding hydrogens is 267 g/mol. The van der Waals surface area contributed by atoms with Gasteiger partial charge in [0.05, 0.1) is 10.7 Å². The summed E-state index contributed by atoms with van der Waals surface area (Å²) in [6, 6.07) is 6.69. The van der Waals surface area contributed by atoms with Crippen LogP contribution < -0.4 is 10.2 Å². The molecule has 1 aromatic carbocycles. The second kappa shape index (κ2) is 5.68. The normalized spacial score (nSPS) is 24.7. The fourth-order valence-electron chi connectivity index (χ4n) is 2.39. The smallest absolute Gasteiger partial charge is 0.0654 e. The lowest BCUT2D eigenvalue weighted by atomic mass is 9.99. The van der Waals surface area contributed by atoms with Crippen molar-refractivity contribution in [1.29, 1.82) is 0 Å². The van der Waals surface area contributed by atoms with E-state index in [9.17, 15) is 0 Å². The van der Waals surface area contributed by atoms with E-state index >= 15 is 0 Å². The highest BCUT2D eigenvalue weighted by atomic mass is 35.5. The van der Waals surface area contributed by atoms with E-state index in [0.717, 1.165) is 23.8 Å². The van der Waals surface area contributed by atoms with Crippen LogP contribution in [0.25, 0.3) is 0 Å². The van der Waals surface area contributed by atoms with E-state index in [1.54, 1.807) is 0 Å². The first-order valence-electron chi connectivity index (χ1n) is 6.44. The number of benzene rings is 1. The van der Waals surface area contributed by atoms with E-state index in [4.69, 9.17) is 23.2 Å². The summed E-state index contributed by atoms with van der Waals surface area (Å²) in [5.41, 5.74) is 1.08. The molecule has 100 valence electrons. The number of nitrogens with one attached hydrogen (secondary N) is 1. The highest BCUT2D eigenvalue weighted by Crippen LogP contribution is 2.31.